The monoisotopic (exact) mass is 440 g/mol. The lowest BCUT2D eigenvalue weighted by Crippen LogP contribution is -2.29. The third kappa shape index (κ3) is 3.61. The lowest BCUT2D eigenvalue weighted by molar-refractivity contribution is -0.384. The van der Waals surface area contributed by atoms with E-state index in [9.17, 15) is 14.9 Å². The van der Waals surface area contributed by atoms with Crippen LogP contribution in [-0.2, 0) is 6.54 Å². The Hall–Kier alpha value is -4.46. The highest BCUT2D eigenvalue weighted by molar-refractivity contribution is 6.00. The number of aromatic nitrogens is 2. The zero-order valence-electron chi connectivity index (χ0n) is 17.8. The number of benzene rings is 3. The van der Waals surface area contributed by atoms with E-state index in [2.05, 4.69) is 10.2 Å². The zero-order chi connectivity index (χ0) is 22.9. The maximum Gasteiger partial charge on any atom is 0.273 e. The smallest absolute Gasteiger partial charge is 0.273 e. The van der Waals surface area contributed by atoms with Crippen molar-refractivity contribution in [1.29, 1.82) is 0 Å². The predicted molar refractivity (Wildman–Crippen MR) is 122 cm³/mol. The Balaban J connectivity index is 1.65. The first-order chi connectivity index (χ1) is 16.1. The molecule has 0 saturated heterocycles. The highest BCUT2D eigenvalue weighted by atomic mass is 16.6. The number of amides is 1. The van der Waals surface area contributed by atoms with Gasteiger partial charge in [0.05, 0.1) is 23.8 Å². The van der Waals surface area contributed by atoms with Gasteiger partial charge in [-0.05, 0) is 35.4 Å². The number of aromatic amines is 1. The number of nitrogens with one attached hydrogen (secondary N) is 1. The van der Waals surface area contributed by atoms with Crippen LogP contribution in [0.2, 0.25) is 0 Å². The number of ether oxygens (including phenoxy) is 1. The highest BCUT2D eigenvalue weighted by Gasteiger charge is 2.42. The van der Waals surface area contributed by atoms with E-state index in [0.717, 1.165) is 11.1 Å². The molecule has 0 saturated carbocycles. The summed E-state index contributed by atoms with van der Waals surface area (Å²) in [6.45, 7) is 0.359. The number of non-ortho nitro benzene ring substituents is 1. The van der Waals surface area contributed by atoms with Crippen LogP contribution in [0.15, 0.2) is 78.9 Å². The van der Waals surface area contributed by atoms with E-state index in [4.69, 9.17) is 4.74 Å². The Bertz CT molecular complexity index is 1330. The summed E-state index contributed by atoms with van der Waals surface area (Å²) in [5.41, 5.74) is 4.15. The summed E-state index contributed by atoms with van der Waals surface area (Å²) in [6, 6.07) is 23.0. The number of hydrogen-bond acceptors (Lipinski definition) is 5. The van der Waals surface area contributed by atoms with Gasteiger partial charge in [-0.3, -0.25) is 20.0 Å². The Morgan fingerprint density at radius 1 is 1.06 bits per heavy atom. The number of carbonyl (C=O) groups excluding carboxylic acids is 1. The summed E-state index contributed by atoms with van der Waals surface area (Å²) in [6.07, 6.45) is 0. The molecule has 8 nitrogen and oxygen atoms in total. The van der Waals surface area contributed by atoms with Crippen molar-refractivity contribution in [2.45, 2.75) is 12.6 Å². The molecule has 8 heteroatoms. The first-order valence-electron chi connectivity index (χ1n) is 10.4. The molecule has 0 spiro atoms. The molecule has 1 amide bonds. The predicted octanol–water partition coefficient (Wildman–Crippen LogP) is 4.74. The largest absolute Gasteiger partial charge is 0.497 e. The first-order valence-corrected chi connectivity index (χ1v) is 10.4. The highest BCUT2D eigenvalue weighted by Crippen LogP contribution is 2.44. The van der Waals surface area contributed by atoms with Crippen LogP contribution in [0.5, 0.6) is 5.75 Å². The number of nitrogens with zero attached hydrogens (tertiary/aromatic N) is 3. The average Bonchev–Trinajstić information content (AvgIpc) is 3.39. The van der Waals surface area contributed by atoms with Crippen molar-refractivity contribution >= 4 is 11.6 Å². The summed E-state index contributed by atoms with van der Waals surface area (Å²) < 4.78 is 5.25. The summed E-state index contributed by atoms with van der Waals surface area (Å²) in [5, 5.41) is 18.8. The fourth-order valence-corrected chi connectivity index (χ4v) is 4.26. The minimum atomic E-state index is -0.525. The van der Waals surface area contributed by atoms with Crippen LogP contribution in [0.25, 0.3) is 11.3 Å². The van der Waals surface area contributed by atoms with Crippen LogP contribution in [0, 0.1) is 10.1 Å². The summed E-state index contributed by atoms with van der Waals surface area (Å²) in [4.78, 5) is 26.2. The van der Waals surface area contributed by atoms with Gasteiger partial charge in [0, 0.05) is 29.8 Å². The molecule has 1 aliphatic rings. The molecule has 0 aliphatic carbocycles. The molecule has 0 radical (unpaired) electrons. The van der Waals surface area contributed by atoms with Crippen molar-refractivity contribution in [2.24, 2.45) is 0 Å². The van der Waals surface area contributed by atoms with Gasteiger partial charge in [-0.25, -0.2) is 0 Å². The molecule has 1 aromatic heterocycles. The van der Waals surface area contributed by atoms with E-state index in [1.165, 1.54) is 12.1 Å². The van der Waals surface area contributed by atoms with Crippen molar-refractivity contribution in [3.63, 3.8) is 0 Å². The van der Waals surface area contributed by atoms with E-state index in [0.29, 0.717) is 34.8 Å². The molecule has 3 aromatic carbocycles. The van der Waals surface area contributed by atoms with E-state index in [1.54, 1.807) is 18.1 Å². The molecule has 1 unspecified atom stereocenters. The summed E-state index contributed by atoms with van der Waals surface area (Å²) in [5.74, 6) is 0.514. The maximum absolute atomic E-state index is 13.4. The second kappa shape index (κ2) is 8.23. The quantitative estimate of drug-likeness (QED) is 0.345. The fourth-order valence-electron chi connectivity index (χ4n) is 4.26. The van der Waals surface area contributed by atoms with Crippen LogP contribution in [0.1, 0.15) is 33.2 Å². The van der Waals surface area contributed by atoms with Crippen molar-refractivity contribution in [1.82, 2.24) is 15.1 Å². The molecular weight excluding hydrogens is 420 g/mol. The number of fused-ring (bicyclic) bond motifs is 1. The van der Waals surface area contributed by atoms with Gasteiger partial charge >= 0.3 is 0 Å². The Morgan fingerprint density at radius 3 is 2.52 bits per heavy atom. The topological polar surface area (TPSA) is 101 Å². The summed E-state index contributed by atoms with van der Waals surface area (Å²) >= 11 is 0. The van der Waals surface area contributed by atoms with E-state index in [-0.39, 0.29) is 11.6 Å². The SMILES string of the molecule is COc1ccc(-c2n[nH]c3c2C(c2cccc([N+](=O)[O-])c2)N(Cc2ccccc2)C3=O)cc1. The van der Waals surface area contributed by atoms with Gasteiger partial charge in [-0.15, -0.1) is 0 Å². The second-order valence-electron chi connectivity index (χ2n) is 7.76. The third-order valence-corrected chi connectivity index (χ3v) is 5.82. The minimum Gasteiger partial charge on any atom is -0.497 e. The lowest BCUT2D eigenvalue weighted by atomic mass is 9.95. The van der Waals surface area contributed by atoms with Crippen molar-refractivity contribution in [3.05, 3.63) is 111 Å². The molecule has 1 atom stereocenters. The van der Waals surface area contributed by atoms with E-state index < -0.39 is 11.0 Å². The third-order valence-electron chi connectivity index (χ3n) is 5.82. The first kappa shape index (κ1) is 20.4. The fraction of sp³-hybridized carbons (Fsp3) is 0.120. The van der Waals surface area contributed by atoms with E-state index in [1.807, 2.05) is 60.7 Å². The number of nitro groups is 1. The van der Waals surface area contributed by atoms with Gasteiger partial charge in [0.25, 0.3) is 11.6 Å². The van der Waals surface area contributed by atoms with Crippen LogP contribution in [0.4, 0.5) is 5.69 Å². The van der Waals surface area contributed by atoms with E-state index >= 15 is 0 Å². The van der Waals surface area contributed by atoms with Gasteiger partial charge in [0.15, 0.2) is 0 Å². The van der Waals surface area contributed by atoms with Crippen LogP contribution in [0.3, 0.4) is 0 Å². The van der Waals surface area contributed by atoms with Gasteiger partial charge < -0.3 is 9.64 Å². The molecule has 1 aliphatic heterocycles. The Labute approximate surface area is 189 Å². The number of rotatable bonds is 6. The average molecular weight is 440 g/mol. The number of nitro benzene ring substituents is 1. The number of methoxy groups -OCH3 is 1. The number of H-pyrrole nitrogens is 1. The summed E-state index contributed by atoms with van der Waals surface area (Å²) in [7, 11) is 1.60. The molecule has 1 N–H and O–H groups in total. The molecule has 2 heterocycles. The minimum absolute atomic E-state index is 0.0254. The maximum atomic E-state index is 13.4. The standard InChI is InChI=1S/C25H20N4O4/c1-33-20-12-10-17(11-13-20)22-21-23(27-26-22)25(30)28(15-16-6-3-2-4-7-16)24(21)18-8-5-9-19(14-18)29(31)32/h2-14,24H,15H2,1H3,(H,26,27). The molecule has 33 heavy (non-hydrogen) atoms. The molecular formula is C25H20N4O4. The zero-order valence-corrected chi connectivity index (χ0v) is 17.8. The number of hydrogen-bond donors (Lipinski definition) is 1. The Morgan fingerprint density at radius 2 is 1.82 bits per heavy atom. The molecule has 164 valence electrons. The van der Waals surface area contributed by atoms with Gasteiger partial charge in [-0.1, -0.05) is 42.5 Å². The van der Waals surface area contributed by atoms with Gasteiger partial charge in [-0.2, -0.15) is 5.10 Å². The lowest BCUT2D eigenvalue weighted by Gasteiger charge is -2.26. The second-order valence-corrected chi connectivity index (χ2v) is 7.76. The van der Waals surface area contributed by atoms with Gasteiger partial charge in [0.2, 0.25) is 0 Å². The number of carbonyl (C=O) groups is 1. The van der Waals surface area contributed by atoms with Crippen LogP contribution < -0.4 is 4.74 Å². The van der Waals surface area contributed by atoms with Crippen LogP contribution in [-0.4, -0.2) is 33.0 Å². The van der Waals surface area contributed by atoms with Gasteiger partial charge in [0.1, 0.15) is 11.4 Å². The van der Waals surface area contributed by atoms with Crippen LogP contribution >= 0.6 is 0 Å². The normalized spacial score (nSPS) is 14.9. The van der Waals surface area contributed by atoms with Crippen molar-refractivity contribution in [3.8, 4) is 17.0 Å². The van der Waals surface area contributed by atoms with Crippen molar-refractivity contribution in [2.75, 3.05) is 7.11 Å². The molecule has 4 aromatic rings. The Kier molecular flexibility index (Phi) is 5.10. The van der Waals surface area contributed by atoms with Crippen molar-refractivity contribution < 1.29 is 14.5 Å². The molecule has 5 rings (SSSR count). The molecule has 0 bridgehead atoms. The molecule has 0 fully saturated rings.